The summed E-state index contributed by atoms with van der Waals surface area (Å²) in [6, 6.07) is 6.39. The van der Waals surface area contributed by atoms with Crippen LogP contribution >= 0.6 is 11.6 Å². The van der Waals surface area contributed by atoms with Gasteiger partial charge in [0.2, 0.25) is 0 Å². The lowest BCUT2D eigenvalue weighted by Gasteiger charge is -2.37. The van der Waals surface area contributed by atoms with Crippen molar-refractivity contribution >= 4 is 17.3 Å². The Morgan fingerprint density at radius 2 is 2.00 bits per heavy atom. The molecule has 1 saturated heterocycles. The zero-order chi connectivity index (χ0) is 13.1. The zero-order valence-corrected chi connectivity index (χ0v) is 11.8. The van der Waals surface area contributed by atoms with Crippen molar-refractivity contribution in [2.45, 2.75) is 25.5 Å². The van der Waals surface area contributed by atoms with Crippen LogP contribution in [-0.4, -0.2) is 43.2 Å². The van der Waals surface area contributed by atoms with E-state index in [-0.39, 0.29) is 6.61 Å². The standard InChI is InChI=1S/C14H21ClN2O/c1-16(2)12-6-8-17(9-7-12)14-11(10-18)4-3-5-13(14)15/h3-5,12,18H,6-10H2,1-2H3. The Bertz CT molecular complexity index is 401. The van der Waals surface area contributed by atoms with Crippen molar-refractivity contribution in [1.82, 2.24) is 4.90 Å². The number of hydrogen-bond donors (Lipinski definition) is 1. The predicted octanol–water partition coefficient (Wildman–Crippen LogP) is 2.36. The quantitative estimate of drug-likeness (QED) is 0.912. The minimum atomic E-state index is 0.0451. The van der Waals surface area contributed by atoms with Gasteiger partial charge in [-0.15, -0.1) is 0 Å². The van der Waals surface area contributed by atoms with Crippen LogP contribution in [-0.2, 0) is 6.61 Å². The molecule has 2 rings (SSSR count). The van der Waals surface area contributed by atoms with Gasteiger partial charge in [0.1, 0.15) is 0 Å². The molecular formula is C14H21ClN2O. The number of piperidine rings is 1. The summed E-state index contributed by atoms with van der Waals surface area (Å²) in [6.45, 7) is 2.04. The Balaban J connectivity index is 2.14. The van der Waals surface area contributed by atoms with E-state index in [0.29, 0.717) is 6.04 Å². The molecule has 1 aromatic carbocycles. The van der Waals surface area contributed by atoms with E-state index < -0.39 is 0 Å². The summed E-state index contributed by atoms with van der Waals surface area (Å²) in [4.78, 5) is 4.59. The van der Waals surface area contributed by atoms with Gasteiger partial charge in [-0.05, 0) is 33.0 Å². The smallest absolute Gasteiger partial charge is 0.0702 e. The summed E-state index contributed by atoms with van der Waals surface area (Å²) in [5.74, 6) is 0. The first-order valence-corrected chi connectivity index (χ1v) is 6.81. The first-order chi connectivity index (χ1) is 8.63. The van der Waals surface area contributed by atoms with E-state index in [9.17, 15) is 5.11 Å². The Hall–Kier alpha value is -0.770. The molecule has 0 unspecified atom stereocenters. The number of aliphatic hydroxyl groups excluding tert-OH is 1. The molecule has 0 aromatic heterocycles. The molecular weight excluding hydrogens is 248 g/mol. The van der Waals surface area contributed by atoms with Crippen LogP contribution in [0.4, 0.5) is 5.69 Å². The van der Waals surface area contributed by atoms with Gasteiger partial charge in [0, 0.05) is 24.7 Å². The highest BCUT2D eigenvalue weighted by atomic mass is 35.5. The highest BCUT2D eigenvalue weighted by molar-refractivity contribution is 6.33. The molecule has 1 aliphatic heterocycles. The number of benzene rings is 1. The van der Waals surface area contributed by atoms with Crippen molar-refractivity contribution < 1.29 is 5.11 Å². The predicted molar refractivity (Wildman–Crippen MR) is 76.3 cm³/mol. The third-order valence-corrected chi connectivity index (χ3v) is 4.06. The SMILES string of the molecule is CN(C)C1CCN(c2c(Cl)cccc2CO)CC1. The second kappa shape index (κ2) is 5.91. The van der Waals surface area contributed by atoms with Gasteiger partial charge in [-0.2, -0.15) is 0 Å². The Morgan fingerprint density at radius 3 is 2.56 bits per heavy atom. The molecule has 18 heavy (non-hydrogen) atoms. The first-order valence-electron chi connectivity index (χ1n) is 6.43. The maximum absolute atomic E-state index is 9.42. The van der Waals surface area contributed by atoms with Gasteiger partial charge in [-0.25, -0.2) is 0 Å². The number of halogens is 1. The molecule has 0 atom stereocenters. The first kappa shape index (κ1) is 13.7. The average Bonchev–Trinajstić information content (AvgIpc) is 2.38. The van der Waals surface area contributed by atoms with Crippen LogP contribution in [0.5, 0.6) is 0 Å². The fraction of sp³-hybridized carbons (Fsp3) is 0.571. The van der Waals surface area contributed by atoms with E-state index in [1.54, 1.807) is 0 Å². The number of para-hydroxylation sites is 1. The number of aliphatic hydroxyl groups is 1. The summed E-state index contributed by atoms with van der Waals surface area (Å²) in [7, 11) is 4.27. The molecule has 0 spiro atoms. The zero-order valence-electron chi connectivity index (χ0n) is 11.1. The normalized spacial score (nSPS) is 17.5. The van der Waals surface area contributed by atoms with E-state index in [0.717, 1.165) is 42.2 Å². The van der Waals surface area contributed by atoms with Gasteiger partial charge in [0.15, 0.2) is 0 Å². The third kappa shape index (κ3) is 2.79. The van der Waals surface area contributed by atoms with Crippen LogP contribution < -0.4 is 4.90 Å². The van der Waals surface area contributed by atoms with E-state index in [1.807, 2.05) is 18.2 Å². The number of nitrogens with zero attached hydrogens (tertiary/aromatic N) is 2. The van der Waals surface area contributed by atoms with Crippen LogP contribution in [0.1, 0.15) is 18.4 Å². The van der Waals surface area contributed by atoms with Gasteiger partial charge in [0.25, 0.3) is 0 Å². The van der Waals surface area contributed by atoms with Crippen molar-refractivity contribution in [1.29, 1.82) is 0 Å². The second-order valence-electron chi connectivity index (χ2n) is 5.09. The highest BCUT2D eigenvalue weighted by Gasteiger charge is 2.23. The Labute approximate surface area is 114 Å². The fourth-order valence-corrected chi connectivity index (χ4v) is 2.96. The van der Waals surface area contributed by atoms with E-state index in [4.69, 9.17) is 11.6 Å². The minimum absolute atomic E-state index is 0.0451. The molecule has 1 aliphatic rings. The molecule has 0 bridgehead atoms. The second-order valence-corrected chi connectivity index (χ2v) is 5.49. The van der Waals surface area contributed by atoms with Crippen molar-refractivity contribution in [3.8, 4) is 0 Å². The molecule has 0 saturated carbocycles. The van der Waals surface area contributed by atoms with Crippen LogP contribution in [0.15, 0.2) is 18.2 Å². The van der Waals surface area contributed by atoms with Crippen molar-refractivity contribution in [3.05, 3.63) is 28.8 Å². The minimum Gasteiger partial charge on any atom is -0.392 e. The van der Waals surface area contributed by atoms with Crippen molar-refractivity contribution in [3.63, 3.8) is 0 Å². The van der Waals surface area contributed by atoms with Gasteiger partial charge in [-0.1, -0.05) is 23.7 Å². The fourth-order valence-electron chi connectivity index (χ4n) is 2.65. The molecule has 100 valence electrons. The summed E-state index contributed by atoms with van der Waals surface area (Å²) < 4.78 is 0. The van der Waals surface area contributed by atoms with Crippen molar-refractivity contribution in [2.75, 3.05) is 32.1 Å². The molecule has 0 amide bonds. The molecule has 1 heterocycles. The summed E-state index contributed by atoms with van der Waals surface area (Å²) in [6.07, 6.45) is 2.28. The number of hydrogen-bond acceptors (Lipinski definition) is 3. The van der Waals surface area contributed by atoms with Gasteiger partial charge in [0.05, 0.1) is 17.3 Å². The lowest BCUT2D eigenvalue weighted by Crippen LogP contribution is -2.42. The highest BCUT2D eigenvalue weighted by Crippen LogP contribution is 2.32. The van der Waals surface area contributed by atoms with E-state index >= 15 is 0 Å². The average molecular weight is 269 g/mol. The monoisotopic (exact) mass is 268 g/mol. The molecule has 1 aromatic rings. The number of anilines is 1. The third-order valence-electron chi connectivity index (χ3n) is 3.75. The Morgan fingerprint density at radius 1 is 1.33 bits per heavy atom. The lowest BCUT2D eigenvalue weighted by atomic mass is 10.0. The van der Waals surface area contributed by atoms with Crippen LogP contribution in [0.25, 0.3) is 0 Å². The maximum atomic E-state index is 9.42. The lowest BCUT2D eigenvalue weighted by molar-refractivity contribution is 0.248. The molecule has 0 aliphatic carbocycles. The molecule has 0 radical (unpaired) electrons. The van der Waals surface area contributed by atoms with Crippen LogP contribution in [0, 0.1) is 0 Å². The molecule has 4 heteroatoms. The van der Waals surface area contributed by atoms with Crippen LogP contribution in [0.2, 0.25) is 5.02 Å². The van der Waals surface area contributed by atoms with Crippen molar-refractivity contribution in [2.24, 2.45) is 0 Å². The molecule has 1 fully saturated rings. The maximum Gasteiger partial charge on any atom is 0.0702 e. The molecule has 3 nitrogen and oxygen atoms in total. The number of rotatable bonds is 3. The topological polar surface area (TPSA) is 26.7 Å². The molecule has 1 N–H and O–H groups in total. The van der Waals surface area contributed by atoms with E-state index in [2.05, 4.69) is 23.9 Å². The van der Waals surface area contributed by atoms with Gasteiger partial charge < -0.3 is 14.9 Å². The van der Waals surface area contributed by atoms with Gasteiger partial charge >= 0.3 is 0 Å². The van der Waals surface area contributed by atoms with Crippen LogP contribution in [0.3, 0.4) is 0 Å². The summed E-state index contributed by atoms with van der Waals surface area (Å²) in [5.41, 5.74) is 1.93. The summed E-state index contributed by atoms with van der Waals surface area (Å²) >= 11 is 6.28. The summed E-state index contributed by atoms with van der Waals surface area (Å²) in [5, 5.41) is 10.2. The Kier molecular flexibility index (Phi) is 4.49. The van der Waals surface area contributed by atoms with Gasteiger partial charge in [-0.3, -0.25) is 0 Å². The largest absolute Gasteiger partial charge is 0.392 e. The van der Waals surface area contributed by atoms with E-state index in [1.165, 1.54) is 0 Å².